The number of nitrogens with one attached hydrogen (secondary N) is 2. The molecule has 0 aromatic heterocycles. The minimum atomic E-state index is -1.23. The van der Waals surface area contributed by atoms with Crippen LogP contribution in [0.3, 0.4) is 0 Å². The molecule has 2 atom stereocenters. The third kappa shape index (κ3) is 6.24. The maximum atomic E-state index is 11.8. The van der Waals surface area contributed by atoms with Crippen molar-refractivity contribution in [2.75, 3.05) is 24.0 Å². The summed E-state index contributed by atoms with van der Waals surface area (Å²) in [5, 5.41) is 9.84. The van der Waals surface area contributed by atoms with Gasteiger partial charge in [0.05, 0.1) is 12.8 Å². The topological polar surface area (TPSA) is 96.6 Å². The zero-order valence-corrected chi connectivity index (χ0v) is 13.2. The highest BCUT2D eigenvalue weighted by Crippen LogP contribution is 2.14. The Morgan fingerprint density at radius 2 is 2.10 bits per heavy atom. The largest absolute Gasteiger partial charge is 0.497 e. The zero-order valence-electron chi connectivity index (χ0n) is 12.3. The Morgan fingerprint density at radius 3 is 2.67 bits per heavy atom. The van der Waals surface area contributed by atoms with Crippen molar-refractivity contribution in [2.24, 2.45) is 5.73 Å². The average molecular weight is 313 g/mol. The van der Waals surface area contributed by atoms with E-state index in [1.54, 1.807) is 43.1 Å². The first-order valence-electron chi connectivity index (χ1n) is 6.79. The van der Waals surface area contributed by atoms with Crippen molar-refractivity contribution < 1.29 is 14.6 Å². The van der Waals surface area contributed by atoms with Gasteiger partial charge in [-0.3, -0.25) is 15.6 Å². The lowest BCUT2D eigenvalue weighted by molar-refractivity contribution is -0.129. The van der Waals surface area contributed by atoms with E-state index >= 15 is 0 Å². The number of aliphatic hydroxyl groups excluding tert-OH is 1. The van der Waals surface area contributed by atoms with E-state index in [2.05, 4.69) is 17.8 Å². The fraction of sp³-hybridized carbons (Fsp3) is 0.500. The fourth-order valence-corrected chi connectivity index (χ4v) is 2.33. The van der Waals surface area contributed by atoms with Crippen molar-refractivity contribution in [1.29, 1.82) is 0 Å². The molecule has 0 heterocycles. The summed E-state index contributed by atoms with van der Waals surface area (Å²) in [6.07, 6.45) is -0.636. The maximum Gasteiger partial charge on any atom is 0.268 e. The van der Waals surface area contributed by atoms with Gasteiger partial charge >= 0.3 is 0 Å². The second-order valence-electron chi connectivity index (χ2n) is 4.44. The Bertz CT molecular complexity index is 428. The fourth-order valence-electron chi connectivity index (χ4n) is 1.60. The van der Waals surface area contributed by atoms with Crippen LogP contribution in [0.25, 0.3) is 0 Å². The van der Waals surface area contributed by atoms with Crippen molar-refractivity contribution in [3.8, 4) is 5.75 Å². The number of ether oxygens (including phenoxy) is 1. The molecule has 0 saturated carbocycles. The van der Waals surface area contributed by atoms with Crippen molar-refractivity contribution >= 4 is 23.4 Å². The zero-order chi connectivity index (χ0) is 15.7. The molecule has 1 aromatic rings. The summed E-state index contributed by atoms with van der Waals surface area (Å²) in [7, 11) is 1.58. The van der Waals surface area contributed by atoms with Crippen LogP contribution in [0, 0.1) is 0 Å². The highest BCUT2D eigenvalue weighted by atomic mass is 32.2. The van der Waals surface area contributed by atoms with E-state index in [0.717, 1.165) is 17.3 Å². The van der Waals surface area contributed by atoms with Crippen molar-refractivity contribution in [3.05, 3.63) is 24.3 Å². The van der Waals surface area contributed by atoms with E-state index in [0.29, 0.717) is 12.1 Å². The number of hydrogen-bond acceptors (Lipinski definition) is 6. The second-order valence-corrected chi connectivity index (χ2v) is 5.83. The number of thioether (sulfide) groups is 1. The van der Waals surface area contributed by atoms with Crippen LogP contribution in [-0.2, 0) is 4.79 Å². The number of carbonyl (C=O) groups excluding carboxylic acids is 1. The Balaban J connectivity index is 2.37. The van der Waals surface area contributed by atoms with Crippen molar-refractivity contribution in [2.45, 2.75) is 25.5 Å². The number of aliphatic hydroxyl groups is 1. The van der Waals surface area contributed by atoms with Crippen LogP contribution in [0.4, 0.5) is 5.69 Å². The highest BCUT2D eigenvalue weighted by Gasteiger charge is 2.22. The van der Waals surface area contributed by atoms with Gasteiger partial charge in [-0.2, -0.15) is 11.8 Å². The number of benzene rings is 1. The van der Waals surface area contributed by atoms with E-state index in [1.165, 1.54) is 0 Å². The van der Waals surface area contributed by atoms with Gasteiger partial charge in [0.1, 0.15) is 11.9 Å². The molecule has 1 unspecified atom stereocenters. The Morgan fingerprint density at radius 1 is 1.43 bits per heavy atom. The molecule has 6 nitrogen and oxygen atoms in total. The molecule has 1 aromatic carbocycles. The Kier molecular flexibility index (Phi) is 7.96. The molecule has 0 spiro atoms. The van der Waals surface area contributed by atoms with Gasteiger partial charge < -0.3 is 15.6 Å². The predicted octanol–water partition coefficient (Wildman–Crippen LogP) is 0.970. The van der Waals surface area contributed by atoms with Crippen LogP contribution in [0.2, 0.25) is 0 Å². The number of anilines is 1. The number of carbonyl (C=O) groups is 1. The van der Waals surface area contributed by atoms with E-state index < -0.39 is 18.1 Å². The summed E-state index contributed by atoms with van der Waals surface area (Å²) in [6, 6.07) is 6.46. The molecular weight excluding hydrogens is 290 g/mol. The highest BCUT2D eigenvalue weighted by molar-refractivity contribution is 7.99. The lowest BCUT2D eigenvalue weighted by Crippen LogP contribution is -2.48. The van der Waals surface area contributed by atoms with E-state index in [4.69, 9.17) is 10.5 Å². The molecule has 0 fully saturated rings. The first-order chi connectivity index (χ1) is 10.1. The summed E-state index contributed by atoms with van der Waals surface area (Å²) in [5.41, 5.74) is 11.6. The lowest BCUT2D eigenvalue weighted by atomic mass is 10.1. The van der Waals surface area contributed by atoms with Gasteiger partial charge in [0.25, 0.3) is 5.91 Å². The summed E-state index contributed by atoms with van der Waals surface area (Å²) in [6.45, 7) is 2.05. The molecule has 21 heavy (non-hydrogen) atoms. The second kappa shape index (κ2) is 9.49. The SMILES string of the molecule is CCSCC[C@@H](N)C(O)C(=O)NNc1ccc(OC)cc1. The summed E-state index contributed by atoms with van der Waals surface area (Å²) >= 11 is 1.73. The molecule has 0 aliphatic carbocycles. The minimum absolute atomic E-state index is 0.542. The molecule has 1 amide bonds. The molecule has 0 aliphatic heterocycles. The van der Waals surface area contributed by atoms with Crippen LogP contribution >= 0.6 is 11.8 Å². The van der Waals surface area contributed by atoms with Gasteiger partial charge in [0.15, 0.2) is 0 Å². The maximum absolute atomic E-state index is 11.8. The number of hydrazine groups is 1. The smallest absolute Gasteiger partial charge is 0.268 e. The number of nitrogens with two attached hydrogens (primary N) is 1. The van der Waals surface area contributed by atoms with E-state index in [1.807, 2.05) is 0 Å². The molecule has 0 radical (unpaired) electrons. The van der Waals surface area contributed by atoms with E-state index in [-0.39, 0.29) is 0 Å². The van der Waals surface area contributed by atoms with Crippen molar-refractivity contribution in [1.82, 2.24) is 5.43 Å². The molecule has 0 bridgehead atoms. The molecule has 0 saturated heterocycles. The van der Waals surface area contributed by atoms with Gasteiger partial charge in [-0.1, -0.05) is 6.92 Å². The third-order valence-electron chi connectivity index (χ3n) is 2.89. The summed E-state index contributed by atoms with van der Waals surface area (Å²) in [4.78, 5) is 11.8. The number of rotatable bonds is 9. The predicted molar refractivity (Wildman–Crippen MR) is 86.4 cm³/mol. The number of amides is 1. The van der Waals surface area contributed by atoms with Gasteiger partial charge in [-0.15, -0.1) is 0 Å². The monoisotopic (exact) mass is 313 g/mol. The van der Waals surface area contributed by atoms with Crippen LogP contribution in [-0.4, -0.2) is 41.8 Å². The normalized spacial score (nSPS) is 13.3. The molecule has 5 N–H and O–H groups in total. The van der Waals surface area contributed by atoms with Gasteiger partial charge in [-0.05, 0) is 42.2 Å². The van der Waals surface area contributed by atoms with Gasteiger partial charge in [0.2, 0.25) is 0 Å². The number of hydrogen-bond donors (Lipinski definition) is 4. The third-order valence-corrected chi connectivity index (χ3v) is 3.83. The molecule has 1 rings (SSSR count). The van der Waals surface area contributed by atoms with Crippen LogP contribution in [0.5, 0.6) is 5.75 Å². The number of methoxy groups -OCH3 is 1. The Labute approximate surface area is 129 Å². The average Bonchev–Trinajstić information content (AvgIpc) is 2.52. The first kappa shape index (κ1) is 17.6. The molecular formula is C14H23N3O3S. The van der Waals surface area contributed by atoms with Crippen molar-refractivity contribution in [3.63, 3.8) is 0 Å². The Hall–Kier alpha value is -1.44. The summed E-state index contributed by atoms with van der Waals surface area (Å²) < 4.78 is 5.04. The van der Waals surface area contributed by atoms with Gasteiger partial charge in [-0.25, -0.2) is 0 Å². The molecule has 0 aliphatic rings. The quantitative estimate of drug-likeness (QED) is 0.401. The van der Waals surface area contributed by atoms with E-state index in [9.17, 15) is 9.90 Å². The molecule has 118 valence electrons. The van der Waals surface area contributed by atoms with Crippen LogP contribution in [0.15, 0.2) is 24.3 Å². The summed E-state index contributed by atoms with van der Waals surface area (Å²) in [5.74, 6) is 2.00. The van der Waals surface area contributed by atoms with Gasteiger partial charge in [0, 0.05) is 6.04 Å². The lowest BCUT2D eigenvalue weighted by Gasteiger charge is -2.18. The minimum Gasteiger partial charge on any atom is -0.497 e. The standard InChI is InChI=1S/C14H23N3O3S/c1-3-21-9-8-12(15)13(18)14(19)17-16-10-4-6-11(20-2)7-5-10/h4-7,12-13,16,18H,3,8-9,15H2,1-2H3,(H,17,19)/t12-,13?/m1/s1. The van der Waals surface area contributed by atoms with Crippen LogP contribution < -0.4 is 21.3 Å². The molecule has 7 heteroatoms. The van der Waals surface area contributed by atoms with Crippen LogP contribution in [0.1, 0.15) is 13.3 Å². The first-order valence-corrected chi connectivity index (χ1v) is 7.95.